The molecule has 0 bridgehead atoms. The van der Waals surface area contributed by atoms with Gasteiger partial charge in [-0.3, -0.25) is 4.79 Å². The molecule has 2 aromatic carbocycles. The van der Waals surface area contributed by atoms with Gasteiger partial charge in [0.05, 0.1) is 0 Å². The largest absolute Gasteiger partial charge is 0.432 e. The summed E-state index contributed by atoms with van der Waals surface area (Å²) < 4.78 is 5.35. The van der Waals surface area contributed by atoms with Crippen LogP contribution in [0.2, 0.25) is 0 Å². The van der Waals surface area contributed by atoms with Gasteiger partial charge in [-0.25, -0.2) is 0 Å². The Morgan fingerprint density at radius 3 is 2.57 bits per heavy atom. The number of carbonyl (C=O) groups is 1. The molecule has 1 aliphatic rings. The maximum atomic E-state index is 11.3. The van der Waals surface area contributed by atoms with Crippen LogP contribution in [0, 0.1) is 5.92 Å². The molecule has 1 aliphatic carbocycles. The van der Waals surface area contributed by atoms with Crippen LogP contribution in [0.1, 0.15) is 38.2 Å². The SMILES string of the molecule is C=C(C)[C@@H]1CC=C(OC(C)=O)C[C@H]1c1ccc2ccccc2c1. The van der Waals surface area contributed by atoms with Gasteiger partial charge in [0.25, 0.3) is 0 Å². The summed E-state index contributed by atoms with van der Waals surface area (Å²) in [5.41, 5.74) is 2.47. The van der Waals surface area contributed by atoms with Crippen LogP contribution in [0.3, 0.4) is 0 Å². The molecule has 23 heavy (non-hydrogen) atoms. The standard InChI is InChI=1S/C21H22O2/c1-14(2)20-11-10-19(23-15(3)22)13-21(20)18-9-8-16-6-4-5-7-17(16)12-18/h4-10,12,20-21H,1,11,13H2,2-3H3/t20-,21-/m0/s1. The fraction of sp³-hybridized carbons (Fsp3) is 0.286. The molecular weight excluding hydrogens is 284 g/mol. The molecule has 0 amide bonds. The number of carbonyl (C=O) groups excluding carboxylic acids is 1. The summed E-state index contributed by atoms with van der Waals surface area (Å²) in [6, 6.07) is 15.0. The van der Waals surface area contributed by atoms with E-state index in [4.69, 9.17) is 4.74 Å². The van der Waals surface area contributed by atoms with Gasteiger partial charge >= 0.3 is 5.97 Å². The normalized spacial score (nSPS) is 20.9. The molecule has 2 atom stereocenters. The summed E-state index contributed by atoms with van der Waals surface area (Å²) in [4.78, 5) is 11.3. The van der Waals surface area contributed by atoms with Gasteiger partial charge in [0.2, 0.25) is 0 Å². The number of fused-ring (bicyclic) bond motifs is 1. The van der Waals surface area contributed by atoms with Crippen LogP contribution in [-0.2, 0) is 9.53 Å². The van der Waals surface area contributed by atoms with Crippen LogP contribution in [0.25, 0.3) is 10.8 Å². The lowest BCUT2D eigenvalue weighted by Gasteiger charge is -2.32. The first-order chi connectivity index (χ1) is 11.0. The topological polar surface area (TPSA) is 26.3 Å². The van der Waals surface area contributed by atoms with E-state index in [2.05, 4.69) is 56.0 Å². The molecule has 0 aliphatic heterocycles. The van der Waals surface area contributed by atoms with Crippen molar-refractivity contribution >= 4 is 16.7 Å². The Balaban J connectivity index is 1.97. The number of rotatable bonds is 3. The second kappa shape index (κ2) is 6.41. The van der Waals surface area contributed by atoms with Crippen molar-refractivity contribution in [2.75, 3.05) is 0 Å². The van der Waals surface area contributed by atoms with Crippen LogP contribution in [-0.4, -0.2) is 5.97 Å². The predicted octanol–water partition coefficient (Wildman–Crippen LogP) is 5.36. The smallest absolute Gasteiger partial charge is 0.307 e. The number of benzene rings is 2. The minimum Gasteiger partial charge on any atom is -0.432 e. The number of esters is 1. The fourth-order valence-electron chi connectivity index (χ4n) is 3.47. The highest BCUT2D eigenvalue weighted by Gasteiger charge is 2.29. The summed E-state index contributed by atoms with van der Waals surface area (Å²) in [6.45, 7) is 7.71. The predicted molar refractivity (Wildman–Crippen MR) is 94.1 cm³/mol. The van der Waals surface area contributed by atoms with Crippen molar-refractivity contribution < 1.29 is 9.53 Å². The van der Waals surface area contributed by atoms with E-state index in [1.165, 1.54) is 28.8 Å². The number of ether oxygens (including phenoxy) is 1. The summed E-state index contributed by atoms with van der Waals surface area (Å²) in [5, 5.41) is 2.49. The van der Waals surface area contributed by atoms with E-state index in [0.717, 1.165) is 18.6 Å². The zero-order valence-corrected chi connectivity index (χ0v) is 13.7. The van der Waals surface area contributed by atoms with Gasteiger partial charge in [-0.05, 0) is 47.6 Å². The Labute approximate surface area is 137 Å². The Hall–Kier alpha value is -2.35. The Morgan fingerprint density at radius 2 is 1.87 bits per heavy atom. The van der Waals surface area contributed by atoms with Gasteiger partial charge < -0.3 is 4.74 Å². The quantitative estimate of drug-likeness (QED) is 0.564. The molecule has 0 spiro atoms. The van der Waals surface area contributed by atoms with E-state index in [-0.39, 0.29) is 5.97 Å². The van der Waals surface area contributed by atoms with E-state index in [0.29, 0.717) is 11.8 Å². The Morgan fingerprint density at radius 1 is 1.13 bits per heavy atom. The zero-order valence-electron chi connectivity index (χ0n) is 13.7. The van der Waals surface area contributed by atoms with Gasteiger partial charge in [0.1, 0.15) is 5.76 Å². The molecule has 0 aromatic heterocycles. The highest BCUT2D eigenvalue weighted by molar-refractivity contribution is 5.83. The van der Waals surface area contributed by atoms with E-state index in [1.54, 1.807) is 0 Å². The molecule has 2 aromatic rings. The average molecular weight is 306 g/mol. The monoisotopic (exact) mass is 306 g/mol. The van der Waals surface area contributed by atoms with Crippen LogP contribution in [0.15, 0.2) is 66.5 Å². The number of allylic oxidation sites excluding steroid dienone is 3. The lowest BCUT2D eigenvalue weighted by Crippen LogP contribution is -2.20. The van der Waals surface area contributed by atoms with Gasteiger partial charge in [-0.2, -0.15) is 0 Å². The summed E-state index contributed by atoms with van der Waals surface area (Å²) >= 11 is 0. The van der Waals surface area contributed by atoms with Gasteiger partial charge in [0, 0.05) is 13.3 Å². The molecule has 0 fully saturated rings. The minimum absolute atomic E-state index is 0.248. The molecule has 0 saturated heterocycles. The maximum absolute atomic E-state index is 11.3. The Bertz CT molecular complexity index is 785. The second-order valence-corrected chi connectivity index (χ2v) is 6.37. The van der Waals surface area contributed by atoms with Crippen molar-refractivity contribution in [2.45, 2.75) is 32.6 Å². The van der Waals surface area contributed by atoms with Gasteiger partial charge in [-0.15, -0.1) is 0 Å². The van der Waals surface area contributed by atoms with Crippen molar-refractivity contribution in [3.8, 4) is 0 Å². The van der Waals surface area contributed by atoms with Crippen molar-refractivity contribution in [3.05, 3.63) is 72.0 Å². The molecule has 0 unspecified atom stereocenters. The van der Waals surface area contributed by atoms with Crippen molar-refractivity contribution in [3.63, 3.8) is 0 Å². The summed E-state index contributed by atoms with van der Waals surface area (Å²) in [5.74, 6) is 1.22. The van der Waals surface area contributed by atoms with Crippen LogP contribution < -0.4 is 0 Å². The van der Waals surface area contributed by atoms with E-state index < -0.39 is 0 Å². The lowest BCUT2D eigenvalue weighted by atomic mass is 9.74. The molecular formula is C21H22O2. The number of hydrogen-bond donors (Lipinski definition) is 0. The first-order valence-electron chi connectivity index (χ1n) is 8.06. The van der Waals surface area contributed by atoms with E-state index in [9.17, 15) is 4.79 Å². The summed E-state index contributed by atoms with van der Waals surface area (Å²) in [6.07, 6.45) is 3.66. The minimum atomic E-state index is -0.248. The molecule has 0 radical (unpaired) electrons. The fourth-order valence-corrected chi connectivity index (χ4v) is 3.47. The van der Waals surface area contributed by atoms with Crippen molar-refractivity contribution in [2.24, 2.45) is 5.92 Å². The highest BCUT2D eigenvalue weighted by Crippen LogP contribution is 2.41. The molecule has 118 valence electrons. The zero-order chi connectivity index (χ0) is 16.4. The third-order valence-corrected chi connectivity index (χ3v) is 4.62. The van der Waals surface area contributed by atoms with Crippen molar-refractivity contribution in [1.82, 2.24) is 0 Å². The molecule has 0 saturated carbocycles. The molecule has 3 rings (SSSR count). The molecule has 0 heterocycles. The highest BCUT2D eigenvalue weighted by atomic mass is 16.5. The van der Waals surface area contributed by atoms with Gasteiger partial charge in [-0.1, -0.05) is 54.6 Å². The van der Waals surface area contributed by atoms with E-state index >= 15 is 0 Å². The molecule has 0 N–H and O–H groups in total. The third kappa shape index (κ3) is 3.37. The Kier molecular flexibility index (Phi) is 4.33. The average Bonchev–Trinajstić information content (AvgIpc) is 2.53. The summed E-state index contributed by atoms with van der Waals surface area (Å²) in [7, 11) is 0. The van der Waals surface area contributed by atoms with Crippen LogP contribution >= 0.6 is 0 Å². The van der Waals surface area contributed by atoms with Crippen molar-refractivity contribution in [1.29, 1.82) is 0 Å². The number of hydrogen-bond acceptors (Lipinski definition) is 2. The van der Waals surface area contributed by atoms with Gasteiger partial charge in [0.15, 0.2) is 0 Å². The second-order valence-electron chi connectivity index (χ2n) is 6.37. The first kappa shape index (κ1) is 15.5. The lowest BCUT2D eigenvalue weighted by molar-refractivity contribution is -0.137. The molecule has 2 nitrogen and oxygen atoms in total. The molecule has 2 heteroatoms. The van der Waals surface area contributed by atoms with Crippen LogP contribution in [0.4, 0.5) is 0 Å². The van der Waals surface area contributed by atoms with E-state index in [1.807, 2.05) is 6.08 Å². The first-order valence-corrected chi connectivity index (χ1v) is 8.06. The third-order valence-electron chi connectivity index (χ3n) is 4.62. The van der Waals surface area contributed by atoms with Crippen LogP contribution in [0.5, 0.6) is 0 Å². The maximum Gasteiger partial charge on any atom is 0.307 e.